The number of ether oxygens (including phenoxy) is 2. The molecule has 1 atom stereocenters. The molecule has 1 amide bonds. The molecule has 0 saturated carbocycles. The molecule has 1 unspecified atom stereocenters. The third-order valence-corrected chi connectivity index (χ3v) is 8.51. The van der Waals surface area contributed by atoms with Crippen molar-refractivity contribution in [1.29, 1.82) is 0 Å². The number of nitrogens with one attached hydrogen (secondary N) is 1. The molecule has 2 saturated heterocycles. The second-order valence-electron chi connectivity index (χ2n) is 11.3. The van der Waals surface area contributed by atoms with E-state index in [2.05, 4.69) is 36.7 Å². The van der Waals surface area contributed by atoms with E-state index < -0.39 is 5.54 Å². The number of likely N-dealkylation sites (tertiary alicyclic amines) is 1. The van der Waals surface area contributed by atoms with Gasteiger partial charge in [-0.1, -0.05) is 25.1 Å². The van der Waals surface area contributed by atoms with Crippen molar-refractivity contribution in [3.8, 4) is 22.6 Å². The van der Waals surface area contributed by atoms with Gasteiger partial charge in [0.25, 0.3) is 0 Å². The monoisotopic (exact) mass is 546 g/mol. The number of piperidine rings is 1. The number of methoxy groups -OCH3 is 2. The van der Waals surface area contributed by atoms with Gasteiger partial charge in [-0.25, -0.2) is 4.99 Å². The van der Waals surface area contributed by atoms with Gasteiger partial charge in [0.15, 0.2) is 11.5 Å². The minimum absolute atomic E-state index is 0.165. The summed E-state index contributed by atoms with van der Waals surface area (Å²) >= 11 is 0. The standard InChI is InChI=1S/C31H42N6O3/c1-21-7-8-22(2)29(33-23(3)17-21)36-14-11-31(12-15-36)30(38)37(16-13-32-31)20-26-25(19-35(4)34-26)24-9-10-27(39-5)28(18-24)40-6/h9-10,17-19,22,32H,3,7-8,11-16,20H2,1-2,4-6H3/b21-17-,33-29?. The van der Waals surface area contributed by atoms with Crippen LogP contribution in [0.4, 0.5) is 0 Å². The van der Waals surface area contributed by atoms with E-state index in [1.807, 2.05) is 41.0 Å². The number of hydrogen-bond donors (Lipinski definition) is 1. The van der Waals surface area contributed by atoms with E-state index in [9.17, 15) is 4.79 Å². The van der Waals surface area contributed by atoms with Crippen LogP contribution >= 0.6 is 0 Å². The quantitative estimate of drug-likeness (QED) is 0.607. The molecule has 1 aromatic heterocycles. The molecule has 40 heavy (non-hydrogen) atoms. The molecule has 1 spiro atoms. The number of allylic oxidation sites excluding steroid dienone is 2. The summed E-state index contributed by atoms with van der Waals surface area (Å²) < 4.78 is 12.7. The number of rotatable bonds is 5. The Kier molecular flexibility index (Phi) is 8.03. The maximum Gasteiger partial charge on any atom is 0.243 e. The van der Waals surface area contributed by atoms with Gasteiger partial charge in [-0.15, -0.1) is 0 Å². The van der Waals surface area contributed by atoms with Gasteiger partial charge in [-0.2, -0.15) is 5.10 Å². The average molecular weight is 547 g/mol. The van der Waals surface area contributed by atoms with Gasteiger partial charge < -0.3 is 24.6 Å². The Labute approximate surface area is 237 Å². The first-order valence-electron chi connectivity index (χ1n) is 14.2. The Morgan fingerprint density at radius 1 is 1.15 bits per heavy atom. The Bertz CT molecular complexity index is 1330. The van der Waals surface area contributed by atoms with E-state index in [-0.39, 0.29) is 5.91 Å². The number of piperazine rings is 1. The summed E-state index contributed by atoms with van der Waals surface area (Å²) in [5.41, 5.74) is 4.43. The third-order valence-electron chi connectivity index (χ3n) is 8.51. The zero-order valence-electron chi connectivity index (χ0n) is 24.5. The Morgan fingerprint density at radius 2 is 1.90 bits per heavy atom. The van der Waals surface area contributed by atoms with Crippen LogP contribution in [0.1, 0.15) is 45.2 Å². The van der Waals surface area contributed by atoms with Crippen LogP contribution in [0.15, 0.2) is 53.3 Å². The van der Waals surface area contributed by atoms with Crippen molar-refractivity contribution < 1.29 is 14.3 Å². The topological polar surface area (TPSA) is 84.2 Å². The highest BCUT2D eigenvalue weighted by molar-refractivity contribution is 5.89. The summed E-state index contributed by atoms with van der Waals surface area (Å²) in [6, 6.07) is 5.86. The predicted octanol–water partition coefficient (Wildman–Crippen LogP) is 4.16. The normalized spacial score (nSPS) is 22.9. The van der Waals surface area contributed by atoms with Crippen LogP contribution in [0.5, 0.6) is 11.5 Å². The van der Waals surface area contributed by atoms with E-state index in [1.54, 1.807) is 14.2 Å². The molecule has 1 aromatic carbocycles. The number of carbonyl (C=O) groups is 1. The number of carbonyl (C=O) groups excluding carboxylic acids is 1. The molecule has 4 heterocycles. The van der Waals surface area contributed by atoms with E-state index in [0.29, 0.717) is 30.5 Å². The summed E-state index contributed by atoms with van der Waals surface area (Å²) in [6.07, 6.45) is 7.73. The first kappa shape index (κ1) is 28.0. The molecule has 0 aliphatic carbocycles. The van der Waals surface area contributed by atoms with Gasteiger partial charge in [0.2, 0.25) is 5.91 Å². The zero-order valence-corrected chi connectivity index (χ0v) is 24.5. The van der Waals surface area contributed by atoms with Crippen LogP contribution in [0, 0.1) is 5.92 Å². The Morgan fingerprint density at radius 3 is 2.62 bits per heavy atom. The fourth-order valence-electron chi connectivity index (χ4n) is 6.25. The first-order valence-corrected chi connectivity index (χ1v) is 14.2. The third kappa shape index (κ3) is 5.52. The summed E-state index contributed by atoms with van der Waals surface area (Å²) in [4.78, 5) is 23.3. The van der Waals surface area contributed by atoms with Gasteiger partial charge >= 0.3 is 0 Å². The number of hydrogen-bond acceptors (Lipinski definition) is 7. The summed E-state index contributed by atoms with van der Waals surface area (Å²) in [5, 5.41) is 8.36. The summed E-state index contributed by atoms with van der Waals surface area (Å²) in [7, 11) is 5.17. The lowest BCUT2D eigenvalue weighted by atomic mass is 9.83. The van der Waals surface area contributed by atoms with E-state index in [1.165, 1.54) is 5.57 Å². The van der Waals surface area contributed by atoms with Crippen LogP contribution in [0.3, 0.4) is 0 Å². The number of amides is 1. The smallest absolute Gasteiger partial charge is 0.243 e. The van der Waals surface area contributed by atoms with Gasteiger partial charge in [0.1, 0.15) is 11.4 Å². The summed E-state index contributed by atoms with van der Waals surface area (Å²) in [6.45, 7) is 12.0. The van der Waals surface area contributed by atoms with Gasteiger partial charge in [0.05, 0.1) is 32.2 Å². The van der Waals surface area contributed by atoms with Crippen molar-refractivity contribution in [3.05, 3.63) is 54.0 Å². The number of aliphatic imine (C=N–C) groups is 1. The predicted molar refractivity (Wildman–Crippen MR) is 157 cm³/mol. The molecule has 5 rings (SSSR count). The minimum Gasteiger partial charge on any atom is -0.493 e. The second kappa shape index (κ2) is 11.5. The highest BCUT2D eigenvalue weighted by Crippen LogP contribution is 2.35. The van der Waals surface area contributed by atoms with Gasteiger partial charge in [-0.05, 0) is 56.4 Å². The van der Waals surface area contributed by atoms with Gasteiger partial charge in [0, 0.05) is 50.9 Å². The van der Waals surface area contributed by atoms with Crippen molar-refractivity contribution in [2.45, 2.75) is 51.6 Å². The minimum atomic E-state index is -0.550. The maximum absolute atomic E-state index is 14.0. The molecular formula is C31H42N6O3. The van der Waals surface area contributed by atoms with Gasteiger partial charge in [-0.3, -0.25) is 9.48 Å². The molecule has 2 aromatic rings. The fraction of sp³-hybridized carbons (Fsp3) is 0.516. The van der Waals surface area contributed by atoms with Crippen molar-refractivity contribution in [1.82, 2.24) is 24.9 Å². The first-order chi connectivity index (χ1) is 19.2. The van der Waals surface area contributed by atoms with Crippen LogP contribution in [-0.2, 0) is 18.4 Å². The number of benzene rings is 1. The Hall–Kier alpha value is -3.59. The fourth-order valence-corrected chi connectivity index (χ4v) is 6.25. The van der Waals surface area contributed by atoms with Crippen LogP contribution in [0.2, 0.25) is 0 Å². The van der Waals surface area contributed by atoms with Crippen LogP contribution < -0.4 is 14.8 Å². The Balaban J connectivity index is 1.32. The number of nitrogens with zero attached hydrogens (tertiary/aromatic N) is 5. The number of aryl methyl sites for hydroxylation is 1. The lowest BCUT2D eigenvalue weighted by Crippen LogP contribution is -2.67. The molecule has 0 bridgehead atoms. The van der Waals surface area contributed by atoms with Crippen LogP contribution in [0.25, 0.3) is 11.1 Å². The number of aromatic nitrogens is 2. The average Bonchev–Trinajstić information content (AvgIpc) is 3.32. The van der Waals surface area contributed by atoms with Crippen molar-refractivity contribution >= 4 is 11.7 Å². The molecule has 2 fully saturated rings. The van der Waals surface area contributed by atoms with Crippen molar-refractivity contribution in [2.75, 3.05) is 40.4 Å². The molecule has 3 aliphatic rings. The van der Waals surface area contributed by atoms with Crippen molar-refractivity contribution in [3.63, 3.8) is 0 Å². The number of amidine groups is 1. The van der Waals surface area contributed by atoms with E-state index in [4.69, 9.17) is 19.6 Å². The maximum atomic E-state index is 14.0. The van der Waals surface area contributed by atoms with E-state index in [0.717, 1.165) is 73.7 Å². The second-order valence-corrected chi connectivity index (χ2v) is 11.3. The highest BCUT2D eigenvalue weighted by atomic mass is 16.5. The lowest BCUT2D eigenvalue weighted by molar-refractivity contribution is -0.144. The molecule has 3 aliphatic heterocycles. The van der Waals surface area contributed by atoms with E-state index >= 15 is 0 Å². The zero-order chi connectivity index (χ0) is 28.4. The molecule has 1 N–H and O–H groups in total. The molecule has 0 radical (unpaired) electrons. The largest absolute Gasteiger partial charge is 0.493 e. The van der Waals surface area contributed by atoms with Crippen LogP contribution in [-0.4, -0.2) is 77.3 Å². The molecule has 9 nitrogen and oxygen atoms in total. The molecule has 9 heteroatoms. The lowest BCUT2D eigenvalue weighted by Gasteiger charge is -2.48. The SMILES string of the molecule is C=C1/C=C(/C)CCC(C)C(N2CCC3(CC2)NCCN(Cc2nn(C)cc2-c2ccc(OC)c(OC)c2)C3=O)=N1. The summed E-state index contributed by atoms with van der Waals surface area (Å²) in [5.74, 6) is 2.98. The molecular weight excluding hydrogens is 504 g/mol. The molecule has 214 valence electrons. The van der Waals surface area contributed by atoms with Crippen molar-refractivity contribution in [2.24, 2.45) is 18.0 Å². The highest BCUT2D eigenvalue weighted by Gasteiger charge is 2.46.